The molecule has 2 aromatic carbocycles. The number of amides is 2. The minimum absolute atomic E-state index is 0.110. The molecule has 2 aromatic rings. The van der Waals surface area contributed by atoms with Gasteiger partial charge in [0.25, 0.3) is 5.91 Å². The van der Waals surface area contributed by atoms with Gasteiger partial charge in [-0.1, -0.05) is 50.1 Å². The van der Waals surface area contributed by atoms with Crippen molar-refractivity contribution >= 4 is 17.5 Å². The minimum Gasteiger partial charge on any atom is -0.332 e. The van der Waals surface area contributed by atoms with Crippen LogP contribution in [0.1, 0.15) is 66.6 Å². The van der Waals surface area contributed by atoms with Gasteiger partial charge in [-0.3, -0.25) is 9.59 Å². The quantitative estimate of drug-likeness (QED) is 0.776. The van der Waals surface area contributed by atoms with E-state index >= 15 is 0 Å². The maximum Gasteiger partial charge on any atom is 0.254 e. The van der Waals surface area contributed by atoms with Crippen LogP contribution in [0.25, 0.3) is 0 Å². The number of likely N-dealkylation sites (tertiary alicyclic amines) is 1. The highest BCUT2D eigenvalue weighted by atomic mass is 16.2. The van der Waals surface area contributed by atoms with Crippen molar-refractivity contribution in [2.45, 2.75) is 51.5 Å². The van der Waals surface area contributed by atoms with Gasteiger partial charge in [0.1, 0.15) is 0 Å². The number of anilines is 1. The van der Waals surface area contributed by atoms with Crippen LogP contribution in [0.4, 0.5) is 5.69 Å². The molecule has 1 unspecified atom stereocenters. The molecule has 28 heavy (non-hydrogen) atoms. The van der Waals surface area contributed by atoms with Gasteiger partial charge in [0.15, 0.2) is 0 Å². The summed E-state index contributed by atoms with van der Waals surface area (Å²) in [5.41, 5.74) is 4.05. The van der Waals surface area contributed by atoms with Crippen LogP contribution >= 0.6 is 0 Å². The third kappa shape index (κ3) is 3.56. The summed E-state index contributed by atoms with van der Waals surface area (Å²) < 4.78 is 0. The van der Waals surface area contributed by atoms with Crippen molar-refractivity contribution in [3.8, 4) is 0 Å². The van der Waals surface area contributed by atoms with E-state index in [9.17, 15) is 9.59 Å². The zero-order chi connectivity index (χ0) is 19.5. The highest BCUT2D eigenvalue weighted by Gasteiger charge is 2.29. The van der Waals surface area contributed by atoms with Crippen molar-refractivity contribution in [1.29, 1.82) is 0 Å². The van der Waals surface area contributed by atoms with Gasteiger partial charge >= 0.3 is 0 Å². The number of hydrogen-bond donors (Lipinski definition) is 0. The molecular weight excluding hydrogens is 348 g/mol. The molecule has 2 heterocycles. The normalized spacial score (nSPS) is 19.2. The van der Waals surface area contributed by atoms with Gasteiger partial charge < -0.3 is 9.80 Å². The Labute approximate surface area is 167 Å². The van der Waals surface area contributed by atoms with Crippen LogP contribution in [0.15, 0.2) is 48.5 Å². The van der Waals surface area contributed by atoms with Gasteiger partial charge in [0.05, 0.1) is 6.04 Å². The fourth-order valence-electron chi connectivity index (χ4n) is 4.52. The molecule has 4 heteroatoms. The van der Waals surface area contributed by atoms with E-state index in [0.29, 0.717) is 6.42 Å². The van der Waals surface area contributed by atoms with Crippen molar-refractivity contribution in [2.24, 2.45) is 0 Å². The Balaban J connectivity index is 1.62. The van der Waals surface area contributed by atoms with Crippen LogP contribution in [0.3, 0.4) is 0 Å². The van der Waals surface area contributed by atoms with Gasteiger partial charge in [-0.25, -0.2) is 0 Å². The third-order valence-electron chi connectivity index (χ3n) is 6.02. The maximum atomic E-state index is 13.5. The Morgan fingerprint density at radius 2 is 1.82 bits per heavy atom. The van der Waals surface area contributed by atoms with E-state index in [2.05, 4.69) is 29.2 Å². The summed E-state index contributed by atoms with van der Waals surface area (Å²) in [4.78, 5) is 29.5. The van der Waals surface area contributed by atoms with Crippen molar-refractivity contribution in [1.82, 2.24) is 4.90 Å². The topological polar surface area (TPSA) is 40.6 Å². The highest BCUT2D eigenvalue weighted by Crippen LogP contribution is 2.33. The SMILES string of the molecule is CCC(=O)N1CCc2cc(C(=O)N3CCCCCC3c3ccccc3)ccc21. The molecule has 0 spiro atoms. The molecule has 1 atom stereocenters. The molecule has 1 saturated heterocycles. The first kappa shape index (κ1) is 18.7. The lowest BCUT2D eigenvalue weighted by Crippen LogP contribution is -2.34. The van der Waals surface area contributed by atoms with Crippen LogP contribution in [0.5, 0.6) is 0 Å². The monoisotopic (exact) mass is 376 g/mol. The van der Waals surface area contributed by atoms with Gasteiger partial charge in [0.2, 0.25) is 5.91 Å². The molecule has 2 amide bonds. The van der Waals surface area contributed by atoms with Crippen LogP contribution in [-0.2, 0) is 11.2 Å². The molecule has 4 nitrogen and oxygen atoms in total. The molecule has 0 radical (unpaired) electrons. The lowest BCUT2D eigenvalue weighted by atomic mass is 9.99. The first-order valence-corrected chi connectivity index (χ1v) is 10.5. The Morgan fingerprint density at radius 3 is 2.61 bits per heavy atom. The lowest BCUT2D eigenvalue weighted by Gasteiger charge is -2.31. The number of hydrogen-bond acceptors (Lipinski definition) is 2. The molecule has 0 N–H and O–H groups in total. The second-order valence-corrected chi connectivity index (χ2v) is 7.77. The van der Waals surface area contributed by atoms with Gasteiger partial charge in [-0.2, -0.15) is 0 Å². The van der Waals surface area contributed by atoms with Gasteiger partial charge in [0, 0.05) is 30.8 Å². The molecule has 146 valence electrons. The third-order valence-corrected chi connectivity index (χ3v) is 6.02. The van der Waals surface area contributed by atoms with E-state index < -0.39 is 0 Å². The predicted octanol–water partition coefficient (Wildman–Crippen LogP) is 4.74. The lowest BCUT2D eigenvalue weighted by molar-refractivity contribution is -0.118. The molecule has 0 bridgehead atoms. The first-order chi connectivity index (χ1) is 13.7. The minimum atomic E-state index is 0.110. The van der Waals surface area contributed by atoms with Gasteiger partial charge in [-0.05, 0) is 48.6 Å². The van der Waals surface area contributed by atoms with E-state index in [0.717, 1.165) is 55.6 Å². The standard InChI is InChI=1S/C24H28N2O2/c1-2-23(27)25-16-14-19-17-20(12-13-22(19)25)24(28)26-15-8-4-7-11-21(26)18-9-5-3-6-10-18/h3,5-6,9-10,12-13,17,21H,2,4,7-8,11,14-16H2,1H3. The molecule has 0 aliphatic carbocycles. The summed E-state index contributed by atoms with van der Waals surface area (Å²) in [6, 6.07) is 16.4. The van der Waals surface area contributed by atoms with Crippen LogP contribution < -0.4 is 4.90 Å². The summed E-state index contributed by atoms with van der Waals surface area (Å²) in [6.45, 7) is 3.41. The molecule has 0 aromatic heterocycles. The average Bonchev–Trinajstić information content (AvgIpc) is 3.01. The predicted molar refractivity (Wildman–Crippen MR) is 111 cm³/mol. The molecule has 2 aliphatic rings. The summed E-state index contributed by atoms with van der Waals surface area (Å²) in [5.74, 6) is 0.258. The molecule has 0 saturated carbocycles. The first-order valence-electron chi connectivity index (χ1n) is 10.5. The molecule has 4 rings (SSSR count). The Hall–Kier alpha value is -2.62. The number of fused-ring (bicyclic) bond motifs is 1. The number of nitrogens with zero attached hydrogens (tertiary/aromatic N) is 2. The van der Waals surface area contributed by atoms with E-state index in [1.165, 1.54) is 12.0 Å². The highest BCUT2D eigenvalue weighted by molar-refractivity contribution is 5.98. The van der Waals surface area contributed by atoms with E-state index in [-0.39, 0.29) is 17.9 Å². The average molecular weight is 376 g/mol. The number of carbonyl (C=O) groups is 2. The fourth-order valence-corrected chi connectivity index (χ4v) is 4.52. The largest absolute Gasteiger partial charge is 0.332 e. The smallest absolute Gasteiger partial charge is 0.254 e. The summed E-state index contributed by atoms with van der Waals surface area (Å²) >= 11 is 0. The number of carbonyl (C=O) groups excluding carboxylic acids is 2. The second-order valence-electron chi connectivity index (χ2n) is 7.77. The Bertz CT molecular complexity index is 862. The van der Waals surface area contributed by atoms with Crippen molar-refractivity contribution in [2.75, 3.05) is 18.0 Å². The maximum absolute atomic E-state index is 13.5. The van der Waals surface area contributed by atoms with Crippen LogP contribution in [0, 0.1) is 0 Å². The van der Waals surface area contributed by atoms with E-state index in [1.54, 1.807) is 0 Å². The van der Waals surface area contributed by atoms with Crippen molar-refractivity contribution < 1.29 is 9.59 Å². The molecular formula is C24H28N2O2. The van der Waals surface area contributed by atoms with E-state index in [1.807, 2.05) is 36.1 Å². The second kappa shape index (κ2) is 8.17. The summed E-state index contributed by atoms with van der Waals surface area (Å²) in [5, 5.41) is 0. The molecule has 2 aliphatic heterocycles. The number of rotatable bonds is 3. The number of benzene rings is 2. The Kier molecular flexibility index (Phi) is 5.47. The van der Waals surface area contributed by atoms with Crippen molar-refractivity contribution in [3.05, 3.63) is 65.2 Å². The van der Waals surface area contributed by atoms with Gasteiger partial charge in [-0.15, -0.1) is 0 Å². The molecule has 1 fully saturated rings. The van der Waals surface area contributed by atoms with E-state index in [4.69, 9.17) is 0 Å². The zero-order valence-electron chi connectivity index (χ0n) is 16.6. The van der Waals surface area contributed by atoms with Crippen LogP contribution in [-0.4, -0.2) is 29.8 Å². The zero-order valence-corrected chi connectivity index (χ0v) is 16.6. The summed E-state index contributed by atoms with van der Waals surface area (Å²) in [7, 11) is 0. The fraction of sp³-hybridized carbons (Fsp3) is 0.417. The summed E-state index contributed by atoms with van der Waals surface area (Å²) in [6.07, 6.45) is 5.72. The van der Waals surface area contributed by atoms with Crippen molar-refractivity contribution in [3.63, 3.8) is 0 Å². The van der Waals surface area contributed by atoms with Crippen LogP contribution in [0.2, 0.25) is 0 Å². The Morgan fingerprint density at radius 1 is 1.00 bits per heavy atom.